The minimum absolute atomic E-state index is 0.0551. The molecule has 2 aliphatic rings. The van der Waals surface area contributed by atoms with E-state index in [4.69, 9.17) is 14.5 Å². The number of methoxy groups -OCH3 is 1. The molecule has 166 valence electrons. The molecule has 0 aromatic heterocycles. The lowest BCUT2D eigenvalue weighted by Gasteiger charge is -2.36. The molecule has 0 saturated heterocycles. The van der Waals surface area contributed by atoms with Crippen LogP contribution in [0.4, 0.5) is 0 Å². The van der Waals surface area contributed by atoms with E-state index < -0.39 is 11.8 Å². The van der Waals surface area contributed by atoms with Crippen molar-refractivity contribution in [3.8, 4) is 5.75 Å². The van der Waals surface area contributed by atoms with Gasteiger partial charge in [-0.05, 0) is 56.4 Å². The van der Waals surface area contributed by atoms with Gasteiger partial charge in [0.15, 0.2) is 5.78 Å². The highest BCUT2D eigenvalue weighted by atomic mass is 16.5. The molecule has 0 amide bonds. The number of allylic oxidation sites excluding steroid dienone is 2. The maximum Gasteiger partial charge on any atom is 0.315 e. The van der Waals surface area contributed by atoms with Crippen LogP contribution in [0.1, 0.15) is 56.6 Å². The van der Waals surface area contributed by atoms with Crippen LogP contribution in [0, 0.1) is 5.92 Å². The number of hydrogen-bond donors (Lipinski definition) is 0. The molecule has 1 aliphatic carbocycles. The number of nitrogens with zero attached hydrogens (tertiary/aromatic N) is 1. The second-order valence-electron chi connectivity index (χ2n) is 8.77. The fourth-order valence-corrected chi connectivity index (χ4v) is 4.80. The lowest BCUT2D eigenvalue weighted by atomic mass is 9.69. The molecular formula is C27H29NO4. The number of ether oxygens (including phenoxy) is 2. The Morgan fingerprint density at radius 3 is 2.31 bits per heavy atom. The molecule has 2 aromatic rings. The quantitative estimate of drug-likeness (QED) is 0.609. The first-order chi connectivity index (χ1) is 15.4. The summed E-state index contributed by atoms with van der Waals surface area (Å²) in [5, 5.41) is 0. The number of hydrogen-bond acceptors (Lipinski definition) is 5. The van der Waals surface area contributed by atoms with Crippen molar-refractivity contribution in [3.05, 3.63) is 77.0 Å². The van der Waals surface area contributed by atoms with Crippen LogP contribution in [0.15, 0.2) is 70.9 Å². The van der Waals surface area contributed by atoms with E-state index in [-0.39, 0.29) is 23.8 Å². The van der Waals surface area contributed by atoms with Crippen molar-refractivity contribution in [1.82, 2.24) is 0 Å². The molecular weight excluding hydrogens is 402 g/mol. The predicted molar refractivity (Wildman–Crippen MR) is 124 cm³/mol. The second-order valence-corrected chi connectivity index (χ2v) is 8.77. The van der Waals surface area contributed by atoms with Gasteiger partial charge in [0, 0.05) is 29.3 Å². The molecule has 0 radical (unpaired) electrons. The van der Waals surface area contributed by atoms with E-state index in [1.807, 2.05) is 63.2 Å². The maximum absolute atomic E-state index is 13.5. The molecule has 1 heterocycles. The van der Waals surface area contributed by atoms with Gasteiger partial charge in [0.2, 0.25) is 0 Å². The summed E-state index contributed by atoms with van der Waals surface area (Å²) in [5.74, 6) is -0.504. The molecule has 0 spiro atoms. The Kier molecular flexibility index (Phi) is 6.26. The van der Waals surface area contributed by atoms with Gasteiger partial charge in [0.05, 0.1) is 13.2 Å². The zero-order chi connectivity index (χ0) is 22.8. The number of aliphatic imine (C=N–C) groups is 1. The van der Waals surface area contributed by atoms with Gasteiger partial charge in [-0.25, -0.2) is 0 Å². The first-order valence-electron chi connectivity index (χ1n) is 11.1. The number of Topliss-reactive ketones (excluding diaryl/α,β-unsaturated/α-hetero) is 1. The first kappa shape index (κ1) is 22.0. The molecule has 2 aromatic carbocycles. The Morgan fingerprint density at radius 1 is 1.00 bits per heavy atom. The Labute approximate surface area is 189 Å². The van der Waals surface area contributed by atoms with Crippen molar-refractivity contribution >= 4 is 17.5 Å². The Balaban J connectivity index is 1.79. The molecule has 0 saturated carbocycles. The van der Waals surface area contributed by atoms with Gasteiger partial charge in [-0.3, -0.25) is 14.6 Å². The summed E-state index contributed by atoms with van der Waals surface area (Å²) >= 11 is 0. The van der Waals surface area contributed by atoms with Gasteiger partial charge >= 0.3 is 5.97 Å². The largest absolute Gasteiger partial charge is 0.497 e. The molecule has 3 atom stereocenters. The molecule has 1 unspecified atom stereocenters. The van der Waals surface area contributed by atoms with Crippen LogP contribution < -0.4 is 4.74 Å². The summed E-state index contributed by atoms with van der Waals surface area (Å²) in [7, 11) is 1.62. The highest BCUT2D eigenvalue weighted by molar-refractivity contribution is 6.09. The van der Waals surface area contributed by atoms with Crippen molar-refractivity contribution in [1.29, 1.82) is 0 Å². The Bertz CT molecular complexity index is 1070. The number of carbonyl (C=O) groups is 2. The predicted octanol–water partition coefficient (Wildman–Crippen LogP) is 5.22. The smallest absolute Gasteiger partial charge is 0.315 e. The van der Waals surface area contributed by atoms with Gasteiger partial charge in [-0.15, -0.1) is 0 Å². The molecule has 5 heteroatoms. The molecule has 1 aliphatic heterocycles. The molecule has 0 N–H and O–H groups in total. The SMILES string of the molecule is COc1ccc([C@H]2C3=C(C[C@@H](c4ccccc4)CC3=O)N=C(C)C2C(=O)OC(C)C)cc1. The zero-order valence-corrected chi connectivity index (χ0v) is 19.0. The fraction of sp³-hybridized carbons (Fsp3) is 0.370. The highest BCUT2D eigenvalue weighted by Crippen LogP contribution is 2.47. The van der Waals surface area contributed by atoms with Crippen molar-refractivity contribution < 1.29 is 19.1 Å². The summed E-state index contributed by atoms with van der Waals surface area (Å²) in [5.41, 5.74) is 4.17. The summed E-state index contributed by atoms with van der Waals surface area (Å²) in [4.78, 5) is 31.4. The molecule has 0 fully saturated rings. The minimum Gasteiger partial charge on any atom is -0.497 e. The number of carbonyl (C=O) groups excluding carboxylic acids is 2. The van der Waals surface area contributed by atoms with E-state index in [9.17, 15) is 9.59 Å². The number of benzene rings is 2. The van der Waals surface area contributed by atoms with Crippen molar-refractivity contribution in [2.45, 2.75) is 51.6 Å². The molecule has 5 nitrogen and oxygen atoms in total. The third-order valence-corrected chi connectivity index (χ3v) is 6.24. The van der Waals surface area contributed by atoms with Crippen LogP contribution in [-0.2, 0) is 14.3 Å². The van der Waals surface area contributed by atoms with Gasteiger partial charge in [-0.2, -0.15) is 0 Å². The zero-order valence-electron chi connectivity index (χ0n) is 19.0. The summed E-state index contributed by atoms with van der Waals surface area (Å²) in [6.07, 6.45) is 0.851. The van der Waals surface area contributed by atoms with E-state index in [2.05, 4.69) is 12.1 Å². The van der Waals surface area contributed by atoms with Crippen molar-refractivity contribution in [3.63, 3.8) is 0 Å². The van der Waals surface area contributed by atoms with E-state index in [0.29, 0.717) is 24.1 Å². The van der Waals surface area contributed by atoms with Crippen LogP contribution in [0.3, 0.4) is 0 Å². The van der Waals surface area contributed by atoms with Crippen LogP contribution in [0.25, 0.3) is 0 Å². The average Bonchev–Trinajstić information content (AvgIpc) is 2.78. The summed E-state index contributed by atoms with van der Waals surface area (Å²) < 4.78 is 10.9. The van der Waals surface area contributed by atoms with Gasteiger partial charge in [0.25, 0.3) is 0 Å². The number of ketones is 1. The Morgan fingerprint density at radius 2 is 1.69 bits per heavy atom. The highest BCUT2D eigenvalue weighted by Gasteiger charge is 2.44. The lowest BCUT2D eigenvalue weighted by molar-refractivity contribution is -0.150. The molecule has 32 heavy (non-hydrogen) atoms. The van der Waals surface area contributed by atoms with Crippen LogP contribution in [0.2, 0.25) is 0 Å². The normalized spacial score (nSPS) is 23.0. The summed E-state index contributed by atoms with van der Waals surface area (Å²) in [6.45, 7) is 5.52. The minimum atomic E-state index is -0.623. The number of rotatable bonds is 5. The maximum atomic E-state index is 13.5. The van der Waals surface area contributed by atoms with E-state index in [0.717, 1.165) is 22.6 Å². The third kappa shape index (κ3) is 4.24. The first-order valence-corrected chi connectivity index (χ1v) is 11.1. The monoisotopic (exact) mass is 431 g/mol. The molecule has 0 bridgehead atoms. The summed E-state index contributed by atoms with van der Waals surface area (Å²) in [6, 6.07) is 17.7. The van der Waals surface area contributed by atoms with Gasteiger partial charge in [0.1, 0.15) is 11.7 Å². The average molecular weight is 432 g/mol. The standard InChI is InChI=1S/C27H29NO4/c1-16(2)32-27(30)24-17(3)28-22-14-20(18-8-6-5-7-9-18)15-23(29)26(22)25(24)19-10-12-21(31-4)13-11-19/h5-13,16,20,24-25H,14-15H2,1-4H3/t20-,24?,25-/m1/s1. The van der Waals surface area contributed by atoms with E-state index in [1.165, 1.54) is 0 Å². The topological polar surface area (TPSA) is 65.0 Å². The van der Waals surface area contributed by atoms with Gasteiger partial charge < -0.3 is 9.47 Å². The Hall–Kier alpha value is -3.21. The van der Waals surface area contributed by atoms with Gasteiger partial charge in [-0.1, -0.05) is 42.5 Å². The second kappa shape index (κ2) is 9.11. The van der Waals surface area contributed by atoms with E-state index >= 15 is 0 Å². The van der Waals surface area contributed by atoms with Crippen molar-refractivity contribution in [2.24, 2.45) is 10.9 Å². The van der Waals surface area contributed by atoms with Crippen molar-refractivity contribution in [2.75, 3.05) is 7.11 Å². The van der Waals surface area contributed by atoms with Crippen LogP contribution in [-0.4, -0.2) is 30.7 Å². The lowest BCUT2D eigenvalue weighted by Crippen LogP contribution is -2.38. The molecule has 4 rings (SSSR count). The number of esters is 1. The van der Waals surface area contributed by atoms with Crippen LogP contribution >= 0.6 is 0 Å². The fourth-order valence-electron chi connectivity index (χ4n) is 4.80. The van der Waals surface area contributed by atoms with E-state index in [1.54, 1.807) is 7.11 Å². The van der Waals surface area contributed by atoms with Crippen LogP contribution in [0.5, 0.6) is 5.75 Å². The third-order valence-electron chi connectivity index (χ3n) is 6.24.